The van der Waals surface area contributed by atoms with Gasteiger partial charge >= 0.3 is 0 Å². The summed E-state index contributed by atoms with van der Waals surface area (Å²) in [6.45, 7) is 7.18. The molecule has 20 heavy (non-hydrogen) atoms. The average Bonchev–Trinajstić information content (AvgIpc) is 2.43. The summed E-state index contributed by atoms with van der Waals surface area (Å²) < 4.78 is 7.03. The highest BCUT2D eigenvalue weighted by Crippen LogP contribution is 2.11. The van der Waals surface area contributed by atoms with Gasteiger partial charge in [-0.15, -0.1) is 0 Å². The van der Waals surface area contributed by atoms with Crippen molar-refractivity contribution in [1.82, 2.24) is 14.3 Å². The molecule has 2 aromatic rings. The highest BCUT2D eigenvalue weighted by molar-refractivity contribution is 5.46. The van der Waals surface area contributed by atoms with Gasteiger partial charge in [-0.2, -0.15) is 0 Å². The van der Waals surface area contributed by atoms with Crippen LogP contribution in [-0.2, 0) is 11.3 Å². The van der Waals surface area contributed by atoms with Crippen LogP contribution in [0.3, 0.4) is 0 Å². The Hall–Kier alpha value is -1.72. The molecule has 3 heterocycles. The number of hydrogen-bond acceptors (Lipinski definition) is 4. The summed E-state index contributed by atoms with van der Waals surface area (Å²) in [5.74, 6) is 0. The molecule has 0 N–H and O–H groups in total. The normalized spacial score (nSPS) is 20.4. The third-order valence-electron chi connectivity index (χ3n) is 3.81. The van der Waals surface area contributed by atoms with Gasteiger partial charge in [0.2, 0.25) is 0 Å². The quantitative estimate of drug-likeness (QED) is 0.825. The van der Waals surface area contributed by atoms with Crippen LogP contribution in [-0.4, -0.2) is 40.1 Å². The minimum atomic E-state index is -0.0189. The number of aromatic nitrogens is 2. The van der Waals surface area contributed by atoms with Crippen molar-refractivity contribution < 1.29 is 4.74 Å². The maximum Gasteiger partial charge on any atom is 0.258 e. The van der Waals surface area contributed by atoms with Gasteiger partial charge < -0.3 is 4.74 Å². The van der Waals surface area contributed by atoms with Gasteiger partial charge in [0.1, 0.15) is 5.65 Å². The second-order valence-corrected chi connectivity index (χ2v) is 5.36. The molecule has 1 fully saturated rings. The van der Waals surface area contributed by atoms with E-state index < -0.39 is 0 Å². The number of nitrogens with zero attached hydrogens (tertiary/aromatic N) is 3. The van der Waals surface area contributed by atoms with E-state index in [1.54, 1.807) is 16.7 Å². The van der Waals surface area contributed by atoms with Crippen LogP contribution >= 0.6 is 0 Å². The van der Waals surface area contributed by atoms with Crippen LogP contribution in [0.4, 0.5) is 0 Å². The Bertz CT molecular complexity index is 680. The molecule has 3 rings (SSSR count). The minimum Gasteiger partial charge on any atom is -0.379 e. The van der Waals surface area contributed by atoms with Gasteiger partial charge in [-0.1, -0.05) is 6.07 Å². The number of morpholine rings is 1. The van der Waals surface area contributed by atoms with Gasteiger partial charge in [-0.3, -0.25) is 14.1 Å². The topological polar surface area (TPSA) is 46.8 Å². The standard InChI is InChI=1S/C15H19N3O2/c1-11-4-3-5-18-14(19)8-13(16-15(11)18)9-17-6-7-20-10-12(17)2/h3-5,8,12H,6-7,9-10H2,1-2H3/t12-/m1/s1. The Kier molecular flexibility index (Phi) is 3.54. The molecule has 5 nitrogen and oxygen atoms in total. The molecule has 2 aromatic heterocycles. The molecule has 5 heteroatoms. The van der Waals surface area contributed by atoms with E-state index >= 15 is 0 Å². The van der Waals surface area contributed by atoms with Crippen LogP contribution in [0.1, 0.15) is 18.2 Å². The zero-order valence-corrected chi connectivity index (χ0v) is 11.9. The zero-order valence-electron chi connectivity index (χ0n) is 11.9. The summed E-state index contributed by atoms with van der Waals surface area (Å²) in [5, 5.41) is 0. The second kappa shape index (κ2) is 5.34. The molecule has 1 atom stereocenters. The molecule has 0 radical (unpaired) electrons. The lowest BCUT2D eigenvalue weighted by Gasteiger charge is -2.32. The first-order chi connectivity index (χ1) is 9.65. The number of rotatable bonds is 2. The lowest BCUT2D eigenvalue weighted by Crippen LogP contribution is -2.43. The molecular weight excluding hydrogens is 254 g/mol. The second-order valence-electron chi connectivity index (χ2n) is 5.36. The van der Waals surface area contributed by atoms with E-state index in [-0.39, 0.29) is 5.56 Å². The van der Waals surface area contributed by atoms with Gasteiger partial charge in [0.25, 0.3) is 5.56 Å². The molecule has 0 aromatic carbocycles. The van der Waals surface area contributed by atoms with Crippen molar-refractivity contribution in [3.63, 3.8) is 0 Å². The van der Waals surface area contributed by atoms with Crippen molar-refractivity contribution in [3.8, 4) is 0 Å². The molecule has 0 unspecified atom stereocenters. The van der Waals surface area contributed by atoms with Crippen LogP contribution in [0.25, 0.3) is 5.65 Å². The van der Waals surface area contributed by atoms with Crippen LogP contribution in [0.5, 0.6) is 0 Å². The minimum absolute atomic E-state index is 0.0189. The Morgan fingerprint density at radius 3 is 3.15 bits per heavy atom. The molecule has 1 aliphatic rings. The SMILES string of the molecule is Cc1cccn2c(=O)cc(CN3CCOC[C@H]3C)nc12. The fourth-order valence-corrected chi connectivity index (χ4v) is 2.59. The molecule has 0 aliphatic carbocycles. The van der Waals surface area contributed by atoms with E-state index in [1.807, 2.05) is 19.1 Å². The molecule has 106 valence electrons. The predicted octanol–water partition coefficient (Wildman–Crippen LogP) is 1.22. The maximum atomic E-state index is 12.2. The van der Waals surface area contributed by atoms with Gasteiger partial charge in [-0.25, -0.2) is 4.98 Å². The molecule has 0 amide bonds. The van der Waals surface area contributed by atoms with Gasteiger partial charge in [0, 0.05) is 31.4 Å². The number of hydrogen-bond donors (Lipinski definition) is 0. The summed E-state index contributed by atoms with van der Waals surface area (Å²) in [5.41, 5.74) is 2.57. The van der Waals surface area contributed by atoms with E-state index in [4.69, 9.17) is 4.74 Å². The van der Waals surface area contributed by atoms with Gasteiger partial charge in [0.15, 0.2) is 0 Å². The van der Waals surface area contributed by atoms with Crippen LogP contribution in [0, 0.1) is 6.92 Å². The van der Waals surface area contributed by atoms with Crippen molar-refractivity contribution in [2.75, 3.05) is 19.8 Å². The Morgan fingerprint density at radius 2 is 2.35 bits per heavy atom. The highest BCUT2D eigenvalue weighted by atomic mass is 16.5. The molecule has 0 bridgehead atoms. The number of ether oxygens (including phenoxy) is 1. The molecule has 0 saturated carbocycles. The first-order valence-corrected chi connectivity index (χ1v) is 6.95. The largest absolute Gasteiger partial charge is 0.379 e. The van der Waals surface area contributed by atoms with Crippen LogP contribution < -0.4 is 5.56 Å². The zero-order chi connectivity index (χ0) is 14.1. The monoisotopic (exact) mass is 273 g/mol. The summed E-state index contributed by atoms with van der Waals surface area (Å²) in [6, 6.07) is 5.84. The molecular formula is C15H19N3O2. The van der Waals surface area contributed by atoms with E-state index in [0.717, 1.165) is 36.7 Å². The van der Waals surface area contributed by atoms with Crippen molar-refractivity contribution in [1.29, 1.82) is 0 Å². The number of aryl methyl sites for hydroxylation is 1. The smallest absolute Gasteiger partial charge is 0.258 e. The van der Waals surface area contributed by atoms with Gasteiger partial charge in [-0.05, 0) is 25.5 Å². The Morgan fingerprint density at radius 1 is 1.50 bits per heavy atom. The Labute approximate surface area is 117 Å². The van der Waals surface area contributed by atoms with Crippen molar-refractivity contribution in [2.45, 2.75) is 26.4 Å². The lowest BCUT2D eigenvalue weighted by atomic mass is 10.2. The molecule has 1 saturated heterocycles. The number of fused-ring (bicyclic) bond motifs is 1. The first kappa shape index (κ1) is 13.3. The van der Waals surface area contributed by atoms with E-state index in [2.05, 4.69) is 16.8 Å². The fraction of sp³-hybridized carbons (Fsp3) is 0.467. The number of pyridine rings is 1. The van der Waals surface area contributed by atoms with E-state index in [1.165, 1.54) is 0 Å². The summed E-state index contributed by atoms with van der Waals surface area (Å²) in [4.78, 5) is 19.1. The average molecular weight is 273 g/mol. The van der Waals surface area contributed by atoms with Crippen molar-refractivity contribution in [2.24, 2.45) is 0 Å². The van der Waals surface area contributed by atoms with Crippen molar-refractivity contribution >= 4 is 5.65 Å². The third-order valence-corrected chi connectivity index (χ3v) is 3.81. The van der Waals surface area contributed by atoms with E-state index in [9.17, 15) is 4.79 Å². The highest BCUT2D eigenvalue weighted by Gasteiger charge is 2.19. The Balaban J connectivity index is 1.96. The van der Waals surface area contributed by atoms with Crippen LogP contribution in [0.2, 0.25) is 0 Å². The van der Waals surface area contributed by atoms with Crippen LogP contribution in [0.15, 0.2) is 29.2 Å². The predicted molar refractivity (Wildman–Crippen MR) is 76.9 cm³/mol. The summed E-state index contributed by atoms with van der Waals surface area (Å²) in [7, 11) is 0. The molecule has 0 spiro atoms. The van der Waals surface area contributed by atoms with Crippen molar-refractivity contribution in [3.05, 3.63) is 46.0 Å². The first-order valence-electron chi connectivity index (χ1n) is 6.95. The van der Waals surface area contributed by atoms with Gasteiger partial charge in [0.05, 0.1) is 18.9 Å². The fourth-order valence-electron chi connectivity index (χ4n) is 2.59. The summed E-state index contributed by atoms with van der Waals surface area (Å²) >= 11 is 0. The summed E-state index contributed by atoms with van der Waals surface area (Å²) in [6.07, 6.45) is 1.76. The van der Waals surface area contributed by atoms with E-state index in [0.29, 0.717) is 12.6 Å². The maximum absolute atomic E-state index is 12.2. The third kappa shape index (κ3) is 2.46. The molecule has 1 aliphatic heterocycles. The lowest BCUT2D eigenvalue weighted by molar-refractivity contribution is -0.00490.